The van der Waals surface area contributed by atoms with Crippen LogP contribution in [-0.2, 0) is 0 Å². The Kier molecular flexibility index (Phi) is 10.4. The van der Waals surface area contributed by atoms with E-state index in [0.717, 1.165) is 5.92 Å². The molecule has 0 aromatic heterocycles. The lowest BCUT2D eigenvalue weighted by atomic mass is 9.93. The largest absolute Gasteiger partial charge is 0.0741 e. The molecule has 0 aliphatic heterocycles. The lowest BCUT2D eigenvalue weighted by Gasteiger charge is -2.13. The van der Waals surface area contributed by atoms with E-state index in [2.05, 4.69) is 68.5 Å². The predicted octanol–water partition coefficient (Wildman–Crippen LogP) is 8.01. The fraction of sp³-hybridized carbons (Fsp3) is 0.548. The smallest absolute Gasteiger partial charge is 0.0105 e. The topological polar surface area (TPSA) is 0 Å². The van der Waals surface area contributed by atoms with Gasteiger partial charge in [0.05, 0.1) is 0 Å². The first-order valence-corrected chi connectivity index (χ1v) is 13.2. The number of fused-ring (bicyclic) bond motifs is 2. The molecule has 3 rings (SSSR count). The van der Waals surface area contributed by atoms with Crippen molar-refractivity contribution in [2.45, 2.75) is 104 Å². The van der Waals surface area contributed by atoms with Crippen LogP contribution in [0.3, 0.4) is 0 Å². The first-order chi connectivity index (χ1) is 15.3. The molecule has 1 aliphatic rings. The van der Waals surface area contributed by atoms with Crippen molar-refractivity contribution in [3.8, 4) is 0 Å². The zero-order chi connectivity index (χ0) is 21.7. The van der Waals surface area contributed by atoms with Gasteiger partial charge in [0, 0.05) is 0 Å². The first kappa shape index (κ1) is 23.8. The highest BCUT2D eigenvalue weighted by Crippen LogP contribution is 2.21. The average Bonchev–Trinajstić information content (AvgIpc) is 3.16. The van der Waals surface area contributed by atoms with Gasteiger partial charge in [-0.25, -0.2) is 0 Å². The Morgan fingerprint density at radius 1 is 0.645 bits per heavy atom. The van der Waals surface area contributed by atoms with Gasteiger partial charge in [-0.05, 0) is 57.3 Å². The van der Waals surface area contributed by atoms with Crippen molar-refractivity contribution in [1.29, 1.82) is 0 Å². The molecule has 0 saturated carbocycles. The molecule has 0 unspecified atom stereocenters. The molecular weight excluding hydrogens is 372 g/mol. The number of hydrogen-bond donors (Lipinski definition) is 0. The molecule has 0 radical (unpaired) electrons. The van der Waals surface area contributed by atoms with Crippen molar-refractivity contribution < 1.29 is 0 Å². The summed E-state index contributed by atoms with van der Waals surface area (Å²) in [4.78, 5) is 0. The molecule has 0 heteroatoms. The molecule has 0 saturated heterocycles. The molecule has 0 spiro atoms. The number of benzene rings is 2. The van der Waals surface area contributed by atoms with Gasteiger partial charge in [0.2, 0.25) is 0 Å². The second-order valence-corrected chi connectivity index (χ2v) is 9.62. The van der Waals surface area contributed by atoms with Gasteiger partial charge >= 0.3 is 0 Å². The minimum absolute atomic E-state index is 0.735. The van der Waals surface area contributed by atoms with Gasteiger partial charge in [0.15, 0.2) is 0 Å². The lowest BCUT2D eigenvalue weighted by molar-refractivity contribution is 0.481. The van der Waals surface area contributed by atoms with Crippen molar-refractivity contribution in [1.82, 2.24) is 0 Å². The maximum absolute atomic E-state index is 2.59. The summed E-state index contributed by atoms with van der Waals surface area (Å²) in [6.07, 6.45) is 24.5. The Morgan fingerprint density at radius 2 is 1.26 bits per heavy atom. The van der Waals surface area contributed by atoms with Crippen molar-refractivity contribution in [3.63, 3.8) is 0 Å². The van der Waals surface area contributed by atoms with E-state index in [4.69, 9.17) is 0 Å². The average molecular weight is 417 g/mol. The van der Waals surface area contributed by atoms with Crippen LogP contribution in [0.1, 0.15) is 109 Å². The maximum Gasteiger partial charge on any atom is -0.0105 e. The summed E-state index contributed by atoms with van der Waals surface area (Å²) in [6, 6.07) is 15.9. The van der Waals surface area contributed by atoms with Crippen LogP contribution in [0.5, 0.6) is 0 Å². The van der Waals surface area contributed by atoms with Crippen molar-refractivity contribution >= 4 is 12.2 Å². The number of rotatable bonds is 15. The molecule has 168 valence electrons. The van der Waals surface area contributed by atoms with Crippen LogP contribution >= 0.6 is 0 Å². The Labute approximate surface area is 190 Å². The zero-order valence-corrected chi connectivity index (χ0v) is 20.2. The van der Waals surface area contributed by atoms with Gasteiger partial charge in [0.25, 0.3) is 0 Å². The molecule has 0 nitrogen and oxygen atoms in total. The number of unbranched alkanes of at least 4 members (excludes halogenated alkanes) is 10. The summed E-state index contributed by atoms with van der Waals surface area (Å²) >= 11 is 0. The standard InChI is InChI=1S/C31H44/c1-3-5-7-9-11-13-17-26(18-14-12-10-8-6-4-2)23-27-21-22-31-29(24-27)25-28-19-15-16-20-30(28)31/h15-16,19-26H,3-14,17-18H2,1-2H3. The quantitative estimate of drug-likeness (QED) is 0.220. The van der Waals surface area contributed by atoms with Gasteiger partial charge < -0.3 is 0 Å². The third-order valence-electron chi connectivity index (χ3n) is 6.92. The van der Waals surface area contributed by atoms with Crippen LogP contribution in [0.2, 0.25) is 0 Å². The highest BCUT2D eigenvalue weighted by atomic mass is 14.1. The molecule has 0 N–H and O–H groups in total. The predicted molar refractivity (Wildman–Crippen MR) is 137 cm³/mol. The fourth-order valence-electron chi connectivity index (χ4n) is 5.04. The Bertz CT molecular complexity index is 965. The third-order valence-corrected chi connectivity index (χ3v) is 6.92. The summed E-state index contributed by atoms with van der Waals surface area (Å²) in [5, 5.41) is 5.58. The minimum atomic E-state index is 0.735. The zero-order valence-electron chi connectivity index (χ0n) is 20.2. The van der Waals surface area contributed by atoms with Crippen molar-refractivity contribution in [3.05, 3.63) is 68.9 Å². The fourth-order valence-corrected chi connectivity index (χ4v) is 5.04. The highest BCUT2D eigenvalue weighted by Gasteiger charge is 2.07. The van der Waals surface area contributed by atoms with E-state index in [1.54, 1.807) is 0 Å². The molecular formula is C31H44. The molecule has 0 atom stereocenters. The van der Waals surface area contributed by atoms with E-state index in [1.807, 2.05) is 0 Å². The first-order valence-electron chi connectivity index (χ1n) is 13.2. The lowest BCUT2D eigenvalue weighted by Crippen LogP contribution is -2.07. The van der Waals surface area contributed by atoms with E-state index >= 15 is 0 Å². The van der Waals surface area contributed by atoms with Gasteiger partial charge in [0.1, 0.15) is 0 Å². The molecule has 2 aromatic carbocycles. The van der Waals surface area contributed by atoms with Gasteiger partial charge in [-0.2, -0.15) is 0 Å². The van der Waals surface area contributed by atoms with Gasteiger partial charge in [-0.15, -0.1) is 0 Å². The van der Waals surface area contributed by atoms with Crippen LogP contribution in [0.25, 0.3) is 12.2 Å². The Balaban J connectivity index is 1.64. The van der Waals surface area contributed by atoms with Crippen LogP contribution in [0.15, 0.2) is 42.5 Å². The highest BCUT2D eigenvalue weighted by molar-refractivity contribution is 5.56. The summed E-state index contributed by atoms with van der Waals surface area (Å²) in [6.45, 7) is 4.61. The second kappa shape index (κ2) is 13.6. The van der Waals surface area contributed by atoms with Crippen molar-refractivity contribution in [2.24, 2.45) is 5.92 Å². The molecule has 0 heterocycles. The molecule has 2 aromatic rings. The summed E-state index contributed by atoms with van der Waals surface area (Å²) in [5.74, 6) is 0.735. The Morgan fingerprint density at radius 3 is 1.94 bits per heavy atom. The molecule has 0 amide bonds. The van der Waals surface area contributed by atoms with E-state index in [1.165, 1.54) is 116 Å². The van der Waals surface area contributed by atoms with Gasteiger partial charge in [-0.1, -0.05) is 133 Å². The molecule has 1 aliphatic carbocycles. The van der Waals surface area contributed by atoms with Crippen molar-refractivity contribution in [2.75, 3.05) is 0 Å². The van der Waals surface area contributed by atoms with E-state index in [9.17, 15) is 0 Å². The van der Waals surface area contributed by atoms with Gasteiger partial charge in [-0.3, -0.25) is 0 Å². The maximum atomic E-state index is 2.59. The summed E-state index contributed by atoms with van der Waals surface area (Å²) in [5.41, 5.74) is 1.40. The number of hydrogen-bond acceptors (Lipinski definition) is 0. The van der Waals surface area contributed by atoms with Crippen LogP contribution < -0.4 is 10.4 Å². The third kappa shape index (κ3) is 7.67. The van der Waals surface area contributed by atoms with Crippen LogP contribution in [-0.4, -0.2) is 0 Å². The normalized spacial score (nSPS) is 12.8. The summed E-state index contributed by atoms with van der Waals surface area (Å²) < 4.78 is 0. The van der Waals surface area contributed by atoms with E-state index in [-0.39, 0.29) is 0 Å². The molecule has 0 fully saturated rings. The van der Waals surface area contributed by atoms with Crippen LogP contribution in [0, 0.1) is 16.4 Å². The molecule has 0 bridgehead atoms. The van der Waals surface area contributed by atoms with Crippen LogP contribution in [0.4, 0.5) is 0 Å². The molecule has 31 heavy (non-hydrogen) atoms. The van der Waals surface area contributed by atoms with E-state index in [0.29, 0.717) is 0 Å². The van der Waals surface area contributed by atoms with E-state index < -0.39 is 0 Å². The minimum Gasteiger partial charge on any atom is -0.0741 e. The second-order valence-electron chi connectivity index (χ2n) is 9.62. The SMILES string of the molecule is CCCCCCCCC(C=c1ccc2c(c1)C=c1ccccc1=2)CCCCCCCC. The summed E-state index contributed by atoms with van der Waals surface area (Å²) in [7, 11) is 0. The monoisotopic (exact) mass is 416 g/mol. The Hall–Kier alpha value is -1.82.